The van der Waals surface area contributed by atoms with Gasteiger partial charge in [-0.05, 0) is 25.3 Å². The van der Waals surface area contributed by atoms with E-state index in [1.54, 1.807) is 0 Å². The summed E-state index contributed by atoms with van der Waals surface area (Å²) in [5.74, 6) is 0.523. The van der Waals surface area contributed by atoms with Gasteiger partial charge in [-0.1, -0.05) is 13.3 Å². The molecule has 0 spiro atoms. The molecule has 0 aliphatic carbocycles. The minimum Gasteiger partial charge on any atom is -0.378 e. The van der Waals surface area contributed by atoms with Gasteiger partial charge in [0.15, 0.2) is 0 Å². The molecule has 2 nitrogen and oxygen atoms in total. The Kier molecular flexibility index (Phi) is 2.49. The average molecular weight is 129 g/mol. The largest absolute Gasteiger partial charge is 0.378 e. The SMILES string of the molecule is CCCC1CCNC1O. The van der Waals surface area contributed by atoms with E-state index in [2.05, 4.69) is 12.2 Å². The first-order chi connectivity index (χ1) is 4.34. The maximum Gasteiger partial charge on any atom is 0.107 e. The van der Waals surface area contributed by atoms with Crippen LogP contribution in [0, 0.1) is 5.92 Å². The molecule has 1 aliphatic heterocycles. The van der Waals surface area contributed by atoms with Crippen LogP contribution in [0.1, 0.15) is 26.2 Å². The molecule has 1 fully saturated rings. The molecule has 0 aromatic heterocycles. The second-order valence-corrected chi connectivity index (χ2v) is 2.74. The summed E-state index contributed by atoms with van der Waals surface area (Å²) in [6.07, 6.45) is 3.28. The van der Waals surface area contributed by atoms with Gasteiger partial charge >= 0.3 is 0 Å². The minimum atomic E-state index is -0.218. The first kappa shape index (κ1) is 7.03. The minimum absolute atomic E-state index is 0.218. The Morgan fingerprint density at radius 3 is 2.89 bits per heavy atom. The van der Waals surface area contributed by atoms with E-state index in [0.29, 0.717) is 5.92 Å². The molecule has 0 aromatic rings. The van der Waals surface area contributed by atoms with E-state index in [0.717, 1.165) is 19.4 Å². The number of nitrogens with one attached hydrogen (secondary N) is 1. The Balaban J connectivity index is 2.22. The zero-order chi connectivity index (χ0) is 6.69. The molecule has 1 aliphatic rings. The molecule has 0 saturated carbocycles. The van der Waals surface area contributed by atoms with Gasteiger partial charge in [0.05, 0.1) is 0 Å². The lowest BCUT2D eigenvalue weighted by Crippen LogP contribution is -2.25. The first-order valence-corrected chi connectivity index (χ1v) is 3.76. The third-order valence-electron chi connectivity index (χ3n) is 1.97. The van der Waals surface area contributed by atoms with Crippen molar-refractivity contribution in [3.05, 3.63) is 0 Å². The molecule has 9 heavy (non-hydrogen) atoms. The number of aliphatic hydroxyl groups is 1. The second kappa shape index (κ2) is 3.18. The molecule has 2 N–H and O–H groups in total. The number of hydrogen-bond acceptors (Lipinski definition) is 2. The Morgan fingerprint density at radius 1 is 1.67 bits per heavy atom. The molecule has 2 atom stereocenters. The van der Waals surface area contributed by atoms with Crippen molar-refractivity contribution in [2.24, 2.45) is 5.92 Å². The third-order valence-corrected chi connectivity index (χ3v) is 1.97. The third kappa shape index (κ3) is 1.66. The Morgan fingerprint density at radius 2 is 2.44 bits per heavy atom. The van der Waals surface area contributed by atoms with Crippen LogP contribution in [0.2, 0.25) is 0 Å². The zero-order valence-corrected chi connectivity index (χ0v) is 5.93. The monoisotopic (exact) mass is 129 g/mol. The van der Waals surface area contributed by atoms with E-state index < -0.39 is 0 Å². The Bertz CT molecular complexity index is 85.0. The quantitative estimate of drug-likeness (QED) is 0.575. The van der Waals surface area contributed by atoms with Crippen LogP contribution in [0.3, 0.4) is 0 Å². The van der Waals surface area contributed by atoms with Crippen molar-refractivity contribution in [1.29, 1.82) is 0 Å². The second-order valence-electron chi connectivity index (χ2n) is 2.74. The molecular weight excluding hydrogens is 114 g/mol. The summed E-state index contributed by atoms with van der Waals surface area (Å²) in [4.78, 5) is 0. The van der Waals surface area contributed by atoms with Crippen molar-refractivity contribution >= 4 is 0 Å². The molecule has 2 heteroatoms. The zero-order valence-electron chi connectivity index (χ0n) is 5.93. The lowest BCUT2D eigenvalue weighted by atomic mass is 10.0. The van der Waals surface area contributed by atoms with Crippen molar-refractivity contribution in [2.75, 3.05) is 6.54 Å². The fourth-order valence-electron chi connectivity index (χ4n) is 1.41. The molecular formula is C7H15NO. The molecule has 1 rings (SSSR count). The standard InChI is InChI=1S/C7H15NO/c1-2-3-6-4-5-8-7(6)9/h6-9H,2-5H2,1H3. The number of aliphatic hydroxyl groups excluding tert-OH is 1. The van der Waals surface area contributed by atoms with Crippen molar-refractivity contribution in [3.8, 4) is 0 Å². The van der Waals surface area contributed by atoms with Gasteiger partial charge in [-0.15, -0.1) is 0 Å². The van der Waals surface area contributed by atoms with E-state index in [1.807, 2.05) is 0 Å². The lowest BCUT2D eigenvalue weighted by Gasteiger charge is -2.11. The van der Waals surface area contributed by atoms with Gasteiger partial charge in [0.2, 0.25) is 0 Å². The molecule has 0 amide bonds. The summed E-state index contributed by atoms with van der Waals surface area (Å²) in [5.41, 5.74) is 0. The summed E-state index contributed by atoms with van der Waals surface area (Å²) in [6.45, 7) is 3.15. The fourth-order valence-corrected chi connectivity index (χ4v) is 1.41. The predicted molar refractivity (Wildman–Crippen MR) is 37.0 cm³/mol. The molecule has 0 aromatic carbocycles. The van der Waals surface area contributed by atoms with Crippen LogP contribution in [0.4, 0.5) is 0 Å². The fraction of sp³-hybridized carbons (Fsp3) is 1.00. The summed E-state index contributed by atoms with van der Waals surface area (Å²) in [7, 11) is 0. The van der Waals surface area contributed by atoms with Gasteiger partial charge in [0.1, 0.15) is 6.23 Å². The van der Waals surface area contributed by atoms with Crippen LogP contribution in [0.25, 0.3) is 0 Å². The van der Waals surface area contributed by atoms with Gasteiger partial charge in [0, 0.05) is 0 Å². The van der Waals surface area contributed by atoms with E-state index in [4.69, 9.17) is 0 Å². The molecule has 0 radical (unpaired) electrons. The topological polar surface area (TPSA) is 32.3 Å². The molecule has 1 saturated heterocycles. The summed E-state index contributed by atoms with van der Waals surface area (Å²) in [5, 5.41) is 12.2. The summed E-state index contributed by atoms with van der Waals surface area (Å²) in [6, 6.07) is 0. The number of rotatable bonds is 2. The normalized spacial score (nSPS) is 35.3. The maximum atomic E-state index is 9.21. The maximum absolute atomic E-state index is 9.21. The van der Waals surface area contributed by atoms with Crippen LogP contribution in [-0.4, -0.2) is 17.9 Å². The summed E-state index contributed by atoms with van der Waals surface area (Å²) >= 11 is 0. The summed E-state index contributed by atoms with van der Waals surface area (Å²) < 4.78 is 0. The van der Waals surface area contributed by atoms with Crippen molar-refractivity contribution in [1.82, 2.24) is 5.32 Å². The van der Waals surface area contributed by atoms with Gasteiger partial charge < -0.3 is 5.11 Å². The van der Waals surface area contributed by atoms with Crippen molar-refractivity contribution < 1.29 is 5.11 Å². The highest BCUT2D eigenvalue weighted by molar-refractivity contribution is 4.74. The predicted octanol–water partition coefficient (Wildman–Crippen LogP) is 0.714. The highest BCUT2D eigenvalue weighted by Gasteiger charge is 2.22. The molecule has 2 unspecified atom stereocenters. The highest BCUT2D eigenvalue weighted by atomic mass is 16.3. The molecule has 0 bridgehead atoms. The highest BCUT2D eigenvalue weighted by Crippen LogP contribution is 2.18. The average Bonchev–Trinajstić information content (AvgIpc) is 2.18. The van der Waals surface area contributed by atoms with Crippen LogP contribution in [-0.2, 0) is 0 Å². The smallest absolute Gasteiger partial charge is 0.107 e. The van der Waals surface area contributed by atoms with Gasteiger partial charge in [-0.3, -0.25) is 5.32 Å². The van der Waals surface area contributed by atoms with E-state index >= 15 is 0 Å². The first-order valence-electron chi connectivity index (χ1n) is 3.76. The van der Waals surface area contributed by atoms with E-state index in [-0.39, 0.29) is 6.23 Å². The molecule has 1 heterocycles. The Labute approximate surface area is 56.3 Å². The van der Waals surface area contributed by atoms with Crippen LogP contribution in [0.15, 0.2) is 0 Å². The van der Waals surface area contributed by atoms with Crippen LogP contribution < -0.4 is 5.32 Å². The van der Waals surface area contributed by atoms with Crippen LogP contribution >= 0.6 is 0 Å². The number of hydrogen-bond donors (Lipinski definition) is 2. The van der Waals surface area contributed by atoms with Crippen molar-refractivity contribution in [3.63, 3.8) is 0 Å². The van der Waals surface area contributed by atoms with E-state index in [1.165, 1.54) is 6.42 Å². The van der Waals surface area contributed by atoms with E-state index in [9.17, 15) is 5.11 Å². The van der Waals surface area contributed by atoms with Crippen molar-refractivity contribution in [2.45, 2.75) is 32.4 Å². The Hall–Kier alpha value is -0.0800. The van der Waals surface area contributed by atoms with Gasteiger partial charge in [-0.25, -0.2) is 0 Å². The van der Waals surface area contributed by atoms with Gasteiger partial charge in [0.25, 0.3) is 0 Å². The lowest BCUT2D eigenvalue weighted by molar-refractivity contribution is 0.108. The van der Waals surface area contributed by atoms with Gasteiger partial charge in [-0.2, -0.15) is 0 Å². The van der Waals surface area contributed by atoms with Crippen LogP contribution in [0.5, 0.6) is 0 Å². The molecule has 54 valence electrons.